The van der Waals surface area contributed by atoms with Gasteiger partial charge in [0.15, 0.2) is 0 Å². The largest absolute Gasteiger partial charge is 0.388 e. The van der Waals surface area contributed by atoms with E-state index in [9.17, 15) is 33.0 Å². The average molecular weight is 591 g/mol. The summed E-state index contributed by atoms with van der Waals surface area (Å²) in [6.07, 6.45) is -3.68. The number of rotatable bonds is 3. The van der Waals surface area contributed by atoms with Crippen LogP contribution >= 0.6 is 0 Å². The Morgan fingerprint density at radius 1 is 1.05 bits per heavy atom. The molecule has 4 aliphatic rings. The van der Waals surface area contributed by atoms with Crippen LogP contribution in [0.5, 0.6) is 0 Å². The zero-order valence-electron chi connectivity index (χ0n) is 22.5. The molecule has 4 aliphatic heterocycles. The lowest BCUT2D eigenvalue weighted by Crippen LogP contribution is -2.63. The molecule has 0 saturated carbocycles. The molecule has 222 valence electrons. The van der Waals surface area contributed by atoms with Crippen molar-refractivity contribution in [3.63, 3.8) is 0 Å². The van der Waals surface area contributed by atoms with Crippen LogP contribution in [0.4, 0.5) is 0 Å². The van der Waals surface area contributed by atoms with Crippen LogP contribution in [-0.4, -0.2) is 132 Å². The van der Waals surface area contributed by atoms with Gasteiger partial charge in [-0.1, -0.05) is 12.1 Å². The number of nitrogens with zero attached hydrogens (tertiary/aromatic N) is 4. The number of likely N-dealkylation sites (tertiary alicyclic amines) is 1. The molecule has 1 aromatic rings. The molecule has 4 heterocycles. The van der Waals surface area contributed by atoms with Crippen molar-refractivity contribution in [2.75, 3.05) is 39.0 Å². The first-order chi connectivity index (χ1) is 19.4. The highest BCUT2D eigenvalue weighted by atomic mass is 32.2. The third-order valence-corrected chi connectivity index (χ3v) is 9.51. The highest BCUT2D eigenvalue weighted by Crippen LogP contribution is 2.27. The molecule has 3 amide bonds. The van der Waals surface area contributed by atoms with Gasteiger partial charge >= 0.3 is 0 Å². The van der Waals surface area contributed by atoms with Gasteiger partial charge in [0.25, 0.3) is 0 Å². The van der Waals surface area contributed by atoms with Crippen molar-refractivity contribution in [3.05, 3.63) is 35.4 Å². The van der Waals surface area contributed by atoms with Crippen molar-refractivity contribution in [1.82, 2.24) is 24.7 Å². The summed E-state index contributed by atoms with van der Waals surface area (Å²) in [4.78, 5) is 43.5. The summed E-state index contributed by atoms with van der Waals surface area (Å²) in [6, 6.07) is 6.79. The third kappa shape index (κ3) is 6.22. The van der Waals surface area contributed by atoms with E-state index in [1.54, 1.807) is 24.3 Å². The van der Waals surface area contributed by atoms with Gasteiger partial charge < -0.3 is 30.5 Å². The standard InChI is InChI=1S/C26H34N6O8S/c1-41(38,39)32-7-6-30-14-19(32)25(36)28-11-21-24(35)23(34)20(40-21)9-22(33)29-17-8-18(26(30)37)31(13-17)12-16-4-2-15(10-27)3-5-16/h2-5,17-21,23-24,34-35H,6-9,11-14H2,1H3,(H,28,36)(H,29,33)/t17-,18-,19-,20-,21+,23-,24+/m0/s1. The maximum Gasteiger partial charge on any atom is 0.240 e. The maximum absolute atomic E-state index is 13.9. The average Bonchev–Trinajstić information content (AvgIpc) is 3.45. The molecular weight excluding hydrogens is 556 g/mol. The van der Waals surface area contributed by atoms with Gasteiger partial charge in [-0.2, -0.15) is 9.57 Å². The van der Waals surface area contributed by atoms with E-state index in [1.165, 1.54) is 4.90 Å². The lowest BCUT2D eigenvalue weighted by Gasteiger charge is -2.40. The number of amides is 3. The predicted octanol–water partition coefficient (Wildman–Crippen LogP) is -2.90. The Morgan fingerprint density at radius 3 is 2.44 bits per heavy atom. The number of ether oxygens (including phenoxy) is 1. The van der Waals surface area contributed by atoms with Crippen molar-refractivity contribution in [1.29, 1.82) is 5.26 Å². The Bertz CT molecular complexity index is 1330. The van der Waals surface area contributed by atoms with E-state index < -0.39 is 64.4 Å². The Labute approximate surface area is 237 Å². The molecule has 0 radical (unpaired) electrons. The van der Waals surface area contributed by atoms with E-state index >= 15 is 0 Å². The maximum atomic E-state index is 13.9. The van der Waals surface area contributed by atoms with E-state index in [0.29, 0.717) is 18.7 Å². The fourth-order valence-corrected chi connectivity index (χ4v) is 7.14. The van der Waals surface area contributed by atoms with Gasteiger partial charge in [0.1, 0.15) is 24.4 Å². The first kappa shape index (κ1) is 29.4. The summed E-state index contributed by atoms with van der Waals surface area (Å²) in [5.41, 5.74) is 1.36. The van der Waals surface area contributed by atoms with Gasteiger partial charge in [-0.25, -0.2) is 8.42 Å². The van der Waals surface area contributed by atoms with Crippen LogP contribution in [-0.2, 0) is 35.7 Å². The number of benzene rings is 1. The highest BCUT2D eigenvalue weighted by Gasteiger charge is 2.47. The summed E-state index contributed by atoms with van der Waals surface area (Å²) < 4.78 is 31.8. The van der Waals surface area contributed by atoms with Crippen LogP contribution in [0.15, 0.2) is 24.3 Å². The molecule has 4 fully saturated rings. The predicted molar refractivity (Wildman–Crippen MR) is 142 cm³/mol. The molecule has 0 unspecified atom stereocenters. The first-order valence-corrected chi connectivity index (χ1v) is 15.4. The molecule has 6 bridgehead atoms. The minimum Gasteiger partial charge on any atom is -0.388 e. The number of carbonyl (C=O) groups is 3. The zero-order chi connectivity index (χ0) is 29.5. The Hall–Kier alpha value is -3.13. The topological polar surface area (TPSA) is 193 Å². The summed E-state index contributed by atoms with van der Waals surface area (Å²) in [6.45, 7) is 0.325. The molecule has 0 spiro atoms. The fraction of sp³-hybridized carbons (Fsp3) is 0.615. The second-order valence-corrected chi connectivity index (χ2v) is 13.0. The molecule has 41 heavy (non-hydrogen) atoms. The second kappa shape index (κ2) is 11.6. The van der Waals surface area contributed by atoms with E-state index in [2.05, 4.69) is 16.7 Å². The number of piperazine rings is 1. The van der Waals surface area contributed by atoms with Crippen LogP contribution in [0.2, 0.25) is 0 Å². The van der Waals surface area contributed by atoms with Gasteiger partial charge in [0, 0.05) is 45.3 Å². The Balaban J connectivity index is 1.44. The quantitative estimate of drug-likeness (QED) is 0.284. The molecule has 7 atom stereocenters. The Morgan fingerprint density at radius 2 is 1.76 bits per heavy atom. The molecule has 14 nitrogen and oxygen atoms in total. The van der Waals surface area contributed by atoms with E-state index in [-0.39, 0.29) is 44.9 Å². The molecular formula is C26H34N6O8S. The number of nitrogens with one attached hydrogen (secondary N) is 2. The number of hydrogen-bond donors (Lipinski definition) is 4. The van der Waals surface area contributed by atoms with Crippen molar-refractivity contribution < 1.29 is 37.8 Å². The van der Waals surface area contributed by atoms with Gasteiger partial charge in [-0.3, -0.25) is 19.3 Å². The van der Waals surface area contributed by atoms with Crippen LogP contribution in [0.3, 0.4) is 0 Å². The first-order valence-electron chi connectivity index (χ1n) is 13.5. The molecule has 0 aromatic heterocycles. The normalized spacial score (nSPS) is 33.8. The number of aliphatic hydroxyl groups is 2. The molecule has 1 aromatic carbocycles. The minimum atomic E-state index is -3.79. The van der Waals surface area contributed by atoms with Crippen LogP contribution in [0, 0.1) is 11.3 Å². The number of hydrogen-bond acceptors (Lipinski definition) is 10. The molecule has 4 saturated heterocycles. The van der Waals surface area contributed by atoms with Gasteiger partial charge in [-0.15, -0.1) is 0 Å². The van der Waals surface area contributed by atoms with Crippen molar-refractivity contribution >= 4 is 27.7 Å². The van der Waals surface area contributed by atoms with Crippen molar-refractivity contribution in [2.45, 2.75) is 61.9 Å². The van der Waals surface area contributed by atoms with Crippen molar-refractivity contribution in [2.24, 2.45) is 0 Å². The van der Waals surface area contributed by atoms with E-state index in [4.69, 9.17) is 10.00 Å². The smallest absolute Gasteiger partial charge is 0.240 e. The summed E-state index contributed by atoms with van der Waals surface area (Å²) in [5.74, 6) is -1.34. The fourth-order valence-electron chi connectivity index (χ4n) is 6.10. The minimum absolute atomic E-state index is 0.0749. The number of sulfonamides is 1. The third-order valence-electron chi connectivity index (χ3n) is 8.22. The van der Waals surface area contributed by atoms with Crippen LogP contribution in [0.1, 0.15) is 24.0 Å². The van der Waals surface area contributed by atoms with E-state index in [0.717, 1.165) is 16.1 Å². The number of aliphatic hydroxyl groups excluding tert-OH is 2. The molecule has 4 N–H and O–H groups in total. The Kier molecular flexibility index (Phi) is 8.33. The van der Waals surface area contributed by atoms with Crippen LogP contribution < -0.4 is 10.6 Å². The molecule has 15 heteroatoms. The summed E-state index contributed by atoms with van der Waals surface area (Å²) >= 11 is 0. The summed E-state index contributed by atoms with van der Waals surface area (Å²) in [7, 11) is -3.79. The number of nitriles is 1. The van der Waals surface area contributed by atoms with Crippen LogP contribution in [0.25, 0.3) is 0 Å². The van der Waals surface area contributed by atoms with Crippen molar-refractivity contribution in [3.8, 4) is 6.07 Å². The summed E-state index contributed by atoms with van der Waals surface area (Å²) in [5, 5.41) is 35.6. The highest BCUT2D eigenvalue weighted by molar-refractivity contribution is 7.88. The number of fused-ring (bicyclic) bond motifs is 6. The molecule has 5 rings (SSSR count). The van der Waals surface area contributed by atoms with Gasteiger partial charge in [0.05, 0.1) is 36.5 Å². The number of carbonyl (C=O) groups excluding carboxylic acids is 3. The molecule has 0 aliphatic carbocycles. The SMILES string of the molecule is CS(=O)(=O)N1CCN2C[C@H]1C(=O)NC[C@H]1O[C@@H](CC(=O)N[C@H]3C[C@@H](C2=O)N(Cc2ccc(C#N)cc2)C3)[C@H](O)[C@@H]1O. The van der Waals surface area contributed by atoms with E-state index in [1.807, 2.05) is 4.90 Å². The van der Waals surface area contributed by atoms with Gasteiger partial charge in [-0.05, 0) is 24.1 Å². The lowest BCUT2D eigenvalue weighted by atomic mass is 10.0. The monoisotopic (exact) mass is 590 g/mol. The van der Waals surface area contributed by atoms with Gasteiger partial charge in [0.2, 0.25) is 27.7 Å². The zero-order valence-corrected chi connectivity index (χ0v) is 23.4. The second-order valence-electron chi connectivity index (χ2n) is 11.1. The lowest BCUT2D eigenvalue weighted by molar-refractivity contribution is -0.140.